The smallest absolute Gasteiger partial charge is 0.253 e. The summed E-state index contributed by atoms with van der Waals surface area (Å²) in [4.78, 5) is 21.4. The van der Waals surface area contributed by atoms with Crippen molar-refractivity contribution in [3.05, 3.63) is 105 Å². The van der Waals surface area contributed by atoms with E-state index in [-0.39, 0.29) is 22.5 Å². The molecule has 0 aliphatic carbocycles. The number of pyridine rings is 1. The van der Waals surface area contributed by atoms with Crippen molar-refractivity contribution in [2.45, 2.75) is 31.8 Å². The second kappa shape index (κ2) is 14.2. The Bertz CT molecular complexity index is 2020. The minimum atomic E-state index is -0.553. The number of aromatic nitrogens is 4. The number of hydrogen-bond donors (Lipinski definition) is 2. The Hall–Kier alpha value is -4.76. The van der Waals surface area contributed by atoms with E-state index >= 15 is 0 Å². The van der Waals surface area contributed by atoms with E-state index in [1.165, 1.54) is 29.3 Å². The Morgan fingerprint density at radius 3 is 2.58 bits per heavy atom. The second-order valence-electron chi connectivity index (χ2n) is 12.0. The lowest BCUT2D eigenvalue weighted by Crippen LogP contribution is -2.34. The number of halogens is 3. The van der Waals surface area contributed by atoms with Gasteiger partial charge in [-0.1, -0.05) is 47.5 Å². The average molecular weight is 687 g/mol. The van der Waals surface area contributed by atoms with Crippen molar-refractivity contribution in [3.63, 3.8) is 0 Å². The molecule has 0 saturated carbocycles. The lowest BCUT2D eigenvalue weighted by molar-refractivity contribution is 0.0827. The normalized spacial score (nSPS) is 14.4. The molecule has 246 valence electrons. The van der Waals surface area contributed by atoms with Crippen molar-refractivity contribution in [2.75, 3.05) is 44.4 Å². The predicted octanol–water partition coefficient (Wildman–Crippen LogP) is 7.45. The third-order valence-corrected chi connectivity index (χ3v) is 9.20. The summed E-state index contributed by atoms with van der Waals surface area (Å²) in [6.07, 6.45) is 5.36. The number of carbonyl (C=O) groups is 1. The van der Waals surface area contributed by atoms with Gasteiger partial charge in [-0.05, 0) is 67.4 Å². The number of rotatable bonds is 9. The molecule has 1 atom stereocenters. The Kier molecular flexibility index (Phi) is 9.78. The molecule has 0 unspecified atom stereocenters. The van der Waals surface area contributed by atoms with Crippen LogP contribution in [0, 0.1) is 17.1 Å². The van der Waals surface area contributed by atoms with Crippen LogP contribution in [0.15, 0.2) is 67.0 Å². The zero-order chi connectivity index (χ0) is 33.9. The number of benzene rings is 3. The lowest BCUT2D eigenvalue weighted by Gasteiger charge is -2.30. The first-order valence-corrected chi connectivity index (χ1v) is 16.4. The monoisotopic (exact) mass is 685 g/mol. The van der Waals surface area contributed by atoms with Gasteiger partial charge in [-0.25, -0.2) is 9.07 Å². The third kappa shape index (κ3) is 6.92. The number of anilines is 3. The quantitative estimate of drug-likeness (QED) is 0.164. The van der Waals surface area contributed by atoms with Gasteiger partial charge >= 0.3 is 0 Å². The highest BCUT2D eigenvalue weighted by molar-refractivity contribution is 6.36. The molecule has 2 N–H and O–H groups in total. The Balaban J connectivity index is 1.42. The molecular weight excluding hydrogens is 652 g/mol. The highest BCUT2D eigenvalue weighted by Gasteiger charge is 2.25. The van der Waals surface area contributed by atoms with Crippen LogP contribution in [0.3, 0.4) is 0 Å². The minimum absolute atomic E-state index is 0.0564. The number of nitrogens with zero attached hydrogens (tertiary/aromatic N) is 7. The van der Waals surface area contributed by atoms with Crippen LogP contribution in [0.1, 0.15) is 59.0 Å². The number of hydrogen-bond acceptors (Lipinski definition) is 8. The Morgan fingerprint density at radius 1 is 1.10 bits per heavy atom. The number of amides is 1. The molecule has 3 aromatic carbocycles. The highest BCUT2D eigenvalue weighted by atomic mass is 35.5. The molecular formula is C35H34Cl2FN9O. The molecule has 0 spiro atoms. The van der Waals surface area contributed by atoms with Crippen LogP contribution in [0.25, 0.3) is 10.9 Å². The number of piperidine rings is 1. The fraction of sp³-hybridized carbons (Fsp3) is 0.286. The molecule has 48 heavy (non-hydrogen) atoms. The fourth-order valence-corrected chi connectivity index (χ4v) is 6.43. The summed E-state index contributed by atoms with van der Waals surface area (Å²) >= 11 is 12.9. The molecule has 0 radical (unpaired) electrons. The molecule has 3 heterocycles. The van der Waals surface area contributed by atoms with E-state index in [9.17, 15) is 14.4 Å². The van der Waals surface area contributed by atoms with E-state index in [1.807, 2.05) is 35.1 Å². The van der Waals surface area contributed by atoms with E-state index < -0.39 is 11.9 Å². The molecule has 2 aromatic heterocycles. The van der Waals surface area contributed by atoms with Crippen LogP contribution in [-0.2, 0) is 0 Å². The van der Waals surface area contributed by atoms with E-state index in [4.69, 9.17) is 23.2 Å². The number of fused-ring (bicyclic) bond motifs is 1. The van der Waals surface area contributed by atoms with Gasteiger partial charge < -0.3 is 20.4 Å². The largest absolute Gasteiger partial charge is 0.373 e. The summed E-state index contributed by atoms with van der Waals surface area (Å²) in [7, 11) is 3.43. The van der Waals surface area contributed by atoms with Crippen molar-refractivity contribution in [1.29, 1.82) is 5.26 Å². The van der Waals surface area contributed by atoms with E-state index in [1.54, 1.807) is 26.2 Å². The van der Waals surface area contributed by atoms with Gasteiger partial charge in [0.25, 0.3) is 5.91 Å². The van der Waals surface area contributed by atoms with Gasteiger partial charge in [-0.15, -0.1) is 5.10 Å². The maximum atomic E-state index is 13.9. The Labute approximate surface area is 288 Å². The first-order chi connectivity index (χ1) is 23.1. The second-order valence-corrected chi connectivity index (χ2v) is 12.8. The van der Waals surface area contributed by atoms with Crippen LogP contribution in [0.2, 0.25) is 10.0 Å². The number of nitrogens with one attached hydrogen (secondary N) is 2. The molecule has 1 fully saturated rings. The molecule has 0 bridgehead atoms. The summed E-state index contributed by atoms with van der Waals surface area (Å²) < 4.78 is 15.9. The number of nitriles is 1. The van der Waals surface area contributed by atoms with Crippen molar-refractivity contribution >= 4 is 57.1 Å². The highest BCUT2D eigenvalue weighted by Crippen LogP contribution is 2.37. The van der Waals surface area contributed by atoms with Gasteiger partial charge in [0.1, 0.15) is 17.6 Å². The summed E-state index contributed by atoms with van der Waals surface area (Å²) in [5.74, 6) is -0.676. The average Bonchev–Trinajstić information content (AvgIpc) is 3.59. The number of carbonyl (C=O) groups excluding carboxylic acids is 1. The minimum Gasteiger partial charge on any atom is -0.373 e. The van der Waals surface area contributed by atoms with Crippen LogP contribution in [0.5, 0.6) is 0 Å². The van der Waals surface area contributed by atoms with Crippen LogP contribution >= 0.6 is 23.2 Å². The van der Waals surface area contributed by atoms with Gasteiger partial charge in [0.15, 0.2) is 0 Å². The maximum Gasteiger partial charge on any atom is 0.253 e. The van der Waals surface area contributed by atoms with Gasteiger partial charge in [-0.3, -0.25) is 9.78 Å². The first kappa shape index (κ1) is 33.2. The molecule has 5 aromatic rings. The van der Waals surface area contributed by atoms with Gasteiger partial charge in [-0.2, -0.15) is 5.26 Å². The topological polar surface area (TPSA) is 115 Å². The summed E-state index contributed by atoms with van der Waals surface area (Å²) in [6, 6.07) is 17.1. The van der Waals surface area contributed by atoms with Crippen LogP contribution < -0.4 is 10.6 Å². The lowest BCUT2D eigenvalue weighted by atomic mass is 10.00. The van der Waals surface area contributed by atoms with E-state index in [0.717, 1.165) is 38.0 Å². The third-order valence-electron chi connectivity index (χ3n) is 8.62. The molecule has 6 rings (SSSR count). The Morgan fingerprint density at radius 2 is 1.88 bits per heavy atom. The zero-order valence-corrected chi connectivity index (χ0v) is 28.2. The van der Waals surface area contributed by atoms with Crippen LogP contribution in [0.4, 0.5) is 21.5 Å². The fourth-order valence-electron chi connectivity index (χ4n) is 5.99. The summed E-state index contributed by atoms with van der Waals surface area (Å²) in [5.41, 5.74) is 4.28. The molecule has 1 aliphatic heterocycles. The van der Waals surface area contributed by atoms with E-state index in [0.29, 0.717) is 44.2 Å². The van der Waals surface area contributed by atoms with Gasteiger partial charge in [0, 0.05) is 55.7 Å². The van der Waals surface area contributed by atoms with Crippen molar-refractivity contribution in [3.8, 4) is 6.07 Å². The molecule has 10 nitrogen and oxygen atoms in total. The van der Waals surface area contributed by atoms with Gasteiger partial charge in [0.2, 0.25) is 0 Å². The zero-order valence-electron chi connectivity index (χ0n) is 26.7. The first-order valence-electron chi connectivity index (χ1n) is 15.6. The van der Waals surface area contributed by atoms with Crippen LogP contribution in [-0.4, -0.2) is 69.4 Å². The molecule has 13 heteroatoms. The molecule has 1 aliphatic rings. The van der Waals surface area contributed by atoms with E-state index in [2.05, 4.69) is 43.8 Å². The summed E-state index contributed by atoms with van der Waals surface area (Å²) in [6.45, 7) is 5.20. The van der Waals surface area contributed by atoms with Crippen molar-refractivity contribution in [1.82, 2.24) is 29.8 Å². The standard InChI is InChI=1S/C35H34Cl2FN9O/c1-4-46-12-10-26(11-13-46)47-20-31(43-44-47)33(21-6-5-7-22(14-21)35(48)45(2)3)42-25-15-27-32(41-24-8-9-30(38)28(36)16-24)23(18-39)19-40-34(27)29(37)17-25/h5-9,14-17,19-20,26,33,42H,4,10-13H2,1-3H3,(H,40,41)/t33-/m0/s1. The SMILES string of the molecule is CCN1CCC(n2cc([C@@H](Nc3cc(Cl)c4ncc(C#N)c(Nc5ccc(F)c(Cl)c5)c4c3)c3cccc(C(=O)N(C)C)c3)nn2)CC1. The summed E-state index contributed by atoms with van der Waals surface area (Å²) in [5, 5.41) is 26.8. The molecule has 1 saturated heterocycles. The van der Waals surface area contributed by atoms with Crippen molar-refractivity contribution < 1.29 is 9.18 Å². The predicted molar refractivity (Wildman–Crippen MR) is 186 cm³/mol. The van der Waals surface area contributed by atoms with Crippen molar-refractivity contribution in [2.24, 2.45) is 0 Å². The maximum absolute atomic E-state index is 13.9. The molecule has 1 amide bonds. The number of likely N-dealkylation sites (tertiary alicyclic amines) is 1. The van der Waals surface area contributed by atoms with Gasteiger partial charge in [0.05, 0.1) is 45.1 Å².